The van der Waals surface area contributed by atoms with E-state index in [2.05, 4.69) is 36.9 Å². The van der Waals surface area contributed by atoms with Crippen LogP contribution in [0.25, 0.3) is 0 Å². The Morgan fingerprint density at radius 1 is 0.938 bits per heavy atom. The van der Waals surface area contributed by atoms with Gasteiger partial charge in [-0.3, -0.25) is 4.79 Å². The molecule has 0 unspecified atom stereocenters. The van der Waals surface area contributed by atoms with E-state index in [1.807, 2.05) is 0 Å². The zero-order valence-corrected chi connectivity index (χ0v) is 19.8. The summed E-state index contributed by atoms with van der Waals surface area (Å²) < 4.78 is 33.1. The number of anilines is 1. The summed E-state index contributed by atoms with van der Waals surface area (Å²) in [5.41, 5.74) is 4.11. The van der Waals surface area contributed by atoms with Gasteiger partial charge in [-0.05, 0) is 62.1 Å². The molecule has 2 fully saturated rings. The first kappa shape index (κ1) is 22.6. The molecule has 4 rings (SSSR count). The SMILES string of the molecule is COc1ccc(C(=O)N2CCN(c3cccc(C)c3C)CC2)cc1S(=O)(=O)N1CCCC1. The second-order valence-corrected chi connectivity index (χ2v) is 10.4. The fourth-order valence-electron chi connectivity index (χ4n) is 4.49. The van der Waals surface area contributed by atoms with Crippen molar-refractivity contribution in [2.75, 3.05) is 51.3 Å². The van der Waals surface area contributed by atoms with Crippen molar-refractivity contribution in [2.24, 2.45) is 0 Å². The maximum absolute atomic E-state index is 13.2. The Labute approximate surface area is 190 Å². The summed E-state index contributed by atoms with van der Waals surface area (Å²) in [7, 11) is -2.24. The van der Waals surface area contributed by atoms with Crippen LogP contribution < -0.4 is 9.64 Å². The molecule has 2 saturated heterocycles. The molecule has 0 atom stereocenters. The number of hydrogen-bond donors (Lipinski definition) is 0. The van der Waals surface area contributed by atoms with Crippen LogP contribution in [0.1, 0.15) is 34.3 Å². The summed E-state index contributed by atoms with van der Waals surface area (Å²) in [6.45, 7) is 7.90. The van der Waals surface area contributed by atoms with Crippen LogP contribution in [0.5, 0.6) is 5.75 Å². The Morgan fingerprint density at radius 2 is 1.62 bits per heavy atom. The smallest absolute Gasteiger partial charge is 0.254 e. The van der Waals surface area contributed by atoms with Crippen molar-refractivity contribution in [1.82, 2.24) is 9.21 Å². The molecule has 0 saturated carbocycles. The van der Waals surface area contributed by atoms with Crippen molar-refractivity contribution in [3.63, 3.8) is 0 Å². The van der Waals surface area contributed by atoms with Crippen LogP contribution in [0.2, 0.25) is 0 Å². The Hall–Kier alpha value is -2.58. The van der Waals surface area contributed by atoms with Gasteiger partial charge in [-0.25, -0.2) is 8.42 Å². The highest BCUT2D eigenvalue weighted by Crippen LogP contribution is 2.30. The zero-order chi connectivity index (χ0) is 22.9. The molecule has 7 nitrogen and oxygen atoms in total. The number of amides is 1. The van der Waals surface area contributed by atoms with Gasteiger partial charge in [0.15, 0.2) is 0 Å². The van der Waals surface area contributed by atoms with Gasteiger partial charge in [-0.1, -0.05) is 12.1 Å². The van der Waals surface area contributed by atoms with Crippen molar-refractivity contribution in [2.45, 2.75) is 31.6 Å². The quantitative estimate of drug-likeness (QED) is 0.690. The van der Waals surface area contributed by atoms with E-state index in [1.54, 1.807) is 17.0 Å². The average Bonchev–Trinajstić information content (AvgIpc) is 3.36. The van der Waals surface area contributed by atoms with Crippen LogP contribution >= 0.6 is 0 Å². The van der Waals surface area contributed by atoms with Crippen molar-refractivity contribution in [3.05, 3.63) is 53.1 Å². The van der Waals surface area contributed by atoms with Crippen molar-refractivity contribution in [1.29, 1.82) is 0 Å². The average molecular weight is 458 g/mol. The highest BCUT2D eigenvalue weighted by molar-refractivity contribution is 7.89. The Morgan fingerprint density at radius 3 is 2.28 bits per heavy atom. The van der Waals surface area contributed by atoms with Crippen molar-refractivity contribution in [3.8, 4) is 5.75 Å². The summed E-state index contributed by atoms with van der Waals surface area (Å²) >= 11 is 0. The summed E-state index contributed by atoms with van der Waals surface area (Å²) in [6, 6.07) is 11.0. The lowest BCUT2D eigenvalue weighted by molar-refractivity contribution is 0.0746. The molecule has 172 valence electrons. The van der Waals surface area contributed by atoms with E-state index < -0.39 is 10.0 Å². The monoisotopic (exact) mass is 457 g/mol. The first-order valence-electron chi connectivity index (χ1n) is 11.1. The second-order valence-electron chi connectivity index (χ2n) is 8.48. The van der Waals surface area contributed by atoms with Crippen molar-refractivity contribution >= 4 is 21.6 Å². The Bertz CT molecular complexity index is 1100. The Kier molecular flexibility index (Phi) is 6.44. The zero-order valence-electron chi connectivity index (χ0n) is 19.0. The molecule has 1 amide bonds. The molecule has 8 heteroatoms. The topological polar surface area (TPSA) is 70.2 Å². The van der Waals surface area contributed by atoms with E-state index >= 15 is 0 Å². The molecule has 2 aromatic rings. The third-order valence-corrected chi connectivity index (χ3v) is 8.50. The summed E-state index contributed by atoms with van der Waals surface area (Å²) in [4.78, 5) is 17.4. The number of methoxy groups -OCH3 is 1. The minimum absolute atomic E-state index is 0.0711. The largest absolute Gasteiger partial charge is 0.495 e. The van der Waals surface area contributed by atoms with Gasteiger partial charge >= 0.3 is 0 Å². The molecule has 2 aliphatic rings. The standard InChI is InChI=1S/C24H31N3O4S/c1-18-7-6-8-21(19(18)2)25-13-15-26(16-14-25)24(28)20-9-10-22(31-3)23(17-20)32(29,30)27-11-4-5-12-27/h6-10,17H,4-5,11-16H2,1-3H3. The third-order valence-electron chi connectivity index (χ3n) is 6.58. The minimum atomic E-state index is -3.69. The van der Waals surface area contributed by atoms with E-state index in [1.165, 1.54) is 34.3 Å². The van der Waals surface area contributed by atoms with Crippen LogP contribution in [-0.4, -0.2) is 69.9 Å². The first-order valence-corrected chi connectivity index (χ1v) is 12.6. The molecular weight excluding hydrogens is 426 g/mol. The molecule has 0 N–H and O–H groups in total. The molecule has 0 spiro atoms. The van der Waals surface area contributed by atoms with Crippen LogP contribution in [0.3, 0.4) is 0 Å². The Balaban J connectivity index is 1.52. The number of ether oxygens (including phenoxy) is 1. The number of aryl methyl sites for hydroxylation is 1. The van der Waals surface area contributed by atoms with Gasteiger partial charge in [-0.15, -0.1) is 0 Å². The van der Waals surface area contributed by atoms with E-state index in [0.717, 1.165) is 25.9 Å². The number of carbonyl (C=O) groups is 1. The number of carbonyl (C=O) groups excluding carboxylic acids is 1. The maximum atomic E-state index is 13.2. The van der Waals surface area contributed by atoms with Gasteiger partial charge in [0, 0.05) is 50.5 Å². The minimum Gasteiger partial charge on any atom is -0.495 e. The second kappa shape index (κ2) is 9.11. The number of hydrogen-bond acceptors (Lipinski definition) is 5. The molecule has 32 heavy (non-hydrogen) atoms. The van der Waals surface area contributed by atoms with Crippen LogP contribution in [-0.2, 0) is 10.0 Å². The van der Waals surface area contributed by atoms with Gasteiger partial charge in [-0.2, -0.15) is 4.31 Å². The normalized spacial score (nSPS) is 17.6. The van der Waals surface area contributed by atoms with Gasteiger partial charge in [0.2, 0.25) is 10.0 Å². The van der Waals surface area contributed by atoms with E-state index in [9.17, 15) is 13.2 Å². The number of sulfonamides is 1. The van der Waals surface area contributed by atoms with Gasteiger partial charge in [0.1, 0.15) is 10.6 Å². The van der Waals surface area contributed by atoms with Crippen molar-refractivity contribution < 1.29 is 17.9 Å². The van der Waals surface area contributed by atoms with Crippen LogP contribution in [0.15, 0.2) is 41.3 Å². The first-order chi connectivity index (χ1) is 15.3. The molecule has 2 heterocycles. The van der Waals surface area contributed by atoms with E-state index in [-0.39, 0.29) is 16.6 Å². The fraction of sp³-hybridized carbons (Fsp3) is 0.458. The summed E-state index contributed by atoms with van der Waals surface area (Å²) in [5.74, 6) is 0.124. The summed E-state index contributed by atoms with van der Waals surface area (Å²) in [5, 5.41) is 0. The lowest BCUT2D eigenvalue weighted by atomic mass is 10.1. The maximum Gasteiger partial charge on any atom is 0.254 e. The molecule has 0 aliphatic carbocycles. The lowest BCUT2D eigenvalue weighted by Crippen LogP contribution is -2.49. The van der Waals surface area contributed by atoms with Gasteiger partial charge in [0.05, 0.1) is 7.11 Å². The number of benzene rings is 2. The molecule has 0 bridgehead atoms. The van der Waals surface area contributed by atoms with Gasteiger partial charge in [0.25, 0.3) is 5.91 Å². The lowest BCUT2D eigenvalue weighted by Gasteiger charge is -2.37. The van der Waals surface area contributed by atoms with E-state index in [0.29, 0.717) is 31.7 Å². The fourth-order valence-corrected chi connectivity index (χ4v) is 6.19. The molecule has 2 aliphatic heterocycles. The number of nitrogens with zero attached hydrogens (tertiary/aromatic N) is 3. The molecule has 0 aromatic heterocycles. The molecular formula is C24H31N3O4S. The molecule has 2 aromatic carbocycles. The van der Waals surface area contributed by atoms with Crippen LogP contribution in [0, 0.1) is 13.8 Å². The highest BCUT2D eigenvalue weighted by atomic mass is 32.2. The van der Waals surface area contributed by atoms with Crippen LogP contribution in [0.4, 0.5) is 5.69 Å². The van der Waals surface area contributed by atoms with Gasteiger partial charge < -0.3 is 14.5 Å². The highest BCUT2D eigenvalue weighted by Gasteiger charge is 2.31. The van der Waals surface area contributed by atoms with E-state index in [4.69, 9.17) is 4.74 Å². The number of piperazine rings is 1. The molecule has 0 radical (unpaired) electrons. The predicted molar refractivity (Wildman–Crippen MR) is 125 cm³/mol. The summed E-state index contributed by atoms with van der Waals surface area (Å²) in [6.07, 6.45) is 1.70. The number of rotatable bonds is 5. The predicted octanol–water partition coefficient (Wildman–Crippen LogP) is 3.06. The third kappa shape index (κ3) is 4.21.